The lowest BCUT2D eigenvalue weighted by atomic mass is 9.91. The molecule has 226 valence electrons. The molecule has 0 unspecified atom stereocenters. The Morgan fingerprint density at radius 2 is 1.42 bits per heavy atom. The Balaban J connectivity index is 1.26. The summed E-state index contributed by atoms with van der Waals surface area (Å²) in [6.45, 7) is 1.59. The summed E-state index contributed by atoms with van der Waals surface area (Å²) in [6.07, 6.45) is 1.41. The van der Waals surface area contributed by atoms with E-state index in [0.717, 1.165) is 49.1 Å². The quantitative estimate of drug-likeness (QED) is 0.146. The Labute approximate surface area is 260 Å². The molecule has 0 fully saturated rings. The van der Waals surface area contributed by atoms with Crippen LogP contribution in [0.1, 0.15) is 23.6 Å². The molecular formula is C37H34N4O4. The van der Waals surface area contributed by atoms with E-state index in [1.165, 1.54) is 0 Å². The van der Waals surface area contributed by atoms with Crippen LogP contribution in [0.25, 0.3) is 32.4 Å². The van der Waals surface area contributed by atoms with Crippen LogP contribution in [0, 0.1) is 0 Å². The molecule has 8 heteroatoms. The molecule has 0 radical (unpaired) electrons. The SMILES string of the molecule is C[C@](Cc1ccccc1)(NC(=O)[C@H](Cc1c[nH]c2ccccc12)NC(=O)OCc1c2ccccc2cc2ccccc12)C(N)=O. The standard InChI is InChI=1S/C37H34N4O4/c1-37(35(38)43,21-24-11-3-2-4-12-24)41-34(42)33(20-27-22-39-32-18-10-9-17-30(27)32)40-36(44)45-23-31-28-15-7-5-13-25(28)19-26-14-6-8-16-29(26)31/h2-19,22,33,39H,20-21,23H2,1H3,(H2,38,43)(H,40,44)(H,41,42)/t33-,37+/m0/s1. The molecule has 8 nitrogen and oxygen atoms in total. The number of para-hydroxylation sites is 1. The average Bonchev–Trinajstić information content (AvgIpc) is 3.45. The van der Waals surface area contributed by atoms with Gasteiger partial charge in [0.05, 0.1) is 0 Å². The van der Waals surface area contributed by atoms with Gasteiger partial charge in [0.1, 0.15) is 18.2 Å². The third-order valence-electron chi connectivity index (χ3n) is 8.28. The Bertz CT molecular complexity index is 1970. The number of nitrogens with two attached hydrogens (primary N) is 1. The van der Waals surface area contributed by atoms with Crippen molar-refractivity contribution in [2.45, 2.75) is 38.0 Å². The summed E-state index contributed by atoms with van der Waals surface area (Å²) in [5.74, 6) is -1.24. The van der Waals surface area contributed by atoms with E-state index in [1.54, 1.807) is 6.92 Å². The molecule has 0 aliphatic heterocycles. The Morgan fingerprint density at radius 1 is 0.822 bits per heavy atom. The highest BCUT2D eigenvalue weighted by Crippen LogP contribution is 2.29. The molecule has 0 aliphatic carbocycles. The zero-order valence-corrected chi connectivity index (χ0v) is 24.9. The fourth-order valence-electron chi connectivity index (χ4n) is 5.87. The molecular weight excluding hydrogens is 564 g/mol. The molecule has 5 aromatic carbocycles. The summed E-state index contributed by atoms with van der Waals surface area (Å²) in [5.41, 5.74) is 7.86. The average molecular weight is 599 g/mol. The summed E-state index contributed by atoms with van der Waals surface area (Å²) in [6, 6.07) is 34.0. The molecule has 5 N–H and O–H groups in total. The number of primary amides is 1. The minimum Gasteiger partial charge on any atom is -0.445 e. The number of rotatable bonds is 10. The van der Waals surface area contributed by atoms with E-state index in [-0.39, 0.29) is 19.4 Å². The molecule has 6 rings (SSSR count). The summed E-state index contributed by atoms with van der Waals surface area (Å²) in [7, 11) is 0. The highest BCUT2D eigenvalue weighted by molar-refractivity contribution is 6.02. The normalized spacial score (nSPS) is 13.3. The van der Waals surface area contributed by atoms with Crippen LogP contribution < -0.4 is 16.4 Å². The molecule has 3 amide bonds. The van der Waals surface area contributed by atoms with E-state index in [1.807, 2.05) is 109 Å². The highest BCUT2D eigenvalue weighted by atomic mass is 16.5. The second-order valence-electron chi connectivity index (χ2n) is 11.5. The first-order valence-corrected chi connectivity index (χ1v) is 14.8. The van der Waals surface area contributed by atoms with Crippen molar-refractivity contribution in [3.05, 3.63) is 132 Å². The highest BCUT2D eigenvalue weighted by Gasteiger charge is 2.36. The van der Waals surface area contributed by atoms with E-state index in [2.05, 4.69) is 21.7 Å². The van der Waals surface area contributed by atoms with Crippen LogP contribution in [0.2, 0.25) is 0 Å². The predicted octanol–water partition coefficient (Wildman–Crippen LogP) is 5.91. The number of hydrogen-bond donors (Lipinski definition) is 4. The summed E-state index contributed by atoms with van der Waals surface area (Å²) < 4.78 is 5.78. The van der Waals surface area contributed by atoms with Crippen molar-refractivity contribution >= 4 is 50.4 Å². The van der Waals surface area contributed by atoms with Crippen LogP contribution >= 0.6 is 0 Å². The Kier molecular flexibility index (Phi) is 8.20. The molecule has 6 aromatic rings. The van der Waals surface area contributed by atoms with Crippen LogP contribution in [0.3, 0.4) is 0 Å². The van der Waals surface area contributed by atoms with Gasteiger partial charge in [0.15, 0.2) is 0 Å². The van der Waals surface area contributed by atoms with E-state index in [0.29, 0.717) is 0 Å². The van der Waals surface area contributed by atoms with Gasteiger partial charge in [-0.1, -0.05) is 97.1 Å². The van der Waals surface area contributed by atoms with E-state index in [4.69, 9.17) is 10.5 Å². The number of nitrogens with one attached hydrogen (secondary N) is 3. The summed E-state index contributed by atoms with van der Waals surface area (Å²) in [4.78, 5) is 43.1. The third-order valence-corrected chi connectivity index (χ3v) is 8.28. The number of hydrogen-bond acceptors (Lipinski definition) is 4. The minimum absolute atomic E-state index is 0.00212. The van der Waals surface area contributed by atoms with Crippen LogP contribution in [0.4, 0.5) is 4.79 Å². The minimum atomic E-state index is -1.40. The number of carbonyl (C=O) groups is 3. The van der Waals surface area contributed by atoms with Crippen LogP contribution in [0.5, 0.6) is 0 Å². The number of amides is 3. The Morgan fingerprint density at radius 3 is 2.09 bits per heavy atom. The topological polar surface area (TPSA) is 126 Å². The van der Waals surface area contributed by atoms with Gasteiger partial charge in [0, 0.05) is 35.5 Å². The van der Waals surface area contributed by atoms with Crippen molar-refractivity contribution in [1.29, 1.82) is 0 Å². The van der Waals surface area contributed by atoms with Crippen LogP contribution in [-0.2, 0) is 33.8 Å². The maximum atomic E-state index is 13.9. The smallest absolute Gasteiger partial charge is 0.408 e. The number of benzene rings is 5. The molecule has 0 spiro atoms. The summed E-state index contributed by atoms with van der Waals surface area (Å²) in [5, 5.41) is 10.6. The number of carbonyl (C=O) groups excluding carboxylic acids is 3. The largest absolute Gasteiger partial charge is 0.445 e. The van der Waals surface area contributed by atoms with Gasteiger partial charge in [-0.3, -0.25) is 9.59 Å². The summed E-state index contributed by atoms with van der Waals surface area (Å²) >= 11 is 0. The van der Waals surface area contributed by atoms with Crippen molar-refractivity contribution in [2.24, 2.45) is 5.73 Å². The number of fused-ring (bicyclic) bond motifs is 3. The fraction of sp³-hybridized carbons (Fsp3) is 0.162. The monoisotopic (exact) mass is 598 g/mol. The van der Waals surface area contributed by atoms with Crippen molar-refractivity contribution in [2.75, 3.05) is 0 Å². The van der Waals surface area contributed by atoms with Crippen molar-refractivity contribution < 1.29 is 19.1 Å². The predicted molar refractivity (Wildman–Crippen MR) is 176 cm³/mol. The number of ether oxygens (including phenoxy) is 1. The van der Waals surface area contributed by atoms with E-state index in [9.17, 15) is 14.4 Å². The number of aromatic amines is 1. The lowest BCUT2D eigenvalue weighted by Gasteiger charge is -2.30. The maximum absolute atomic E-state index is 13.9. The molecule has 0 bridgehead atoms. The first-order valence-electron chi connectivity index (χ1n) is 14.8. The first kappa shape index (κ1) is 29.4. The molecule has 1 heterocycles. The third kappa shape index (κ3) is 6.35. The van der Waals surface area contributed by atoms with Crippen LogP contribution in [-0.4, -0.2) is 34.5 Å². The van der Waals surface area contributed by atoms with Gasteiger partial charge in [0.25, 0.3) is 0 Å². The van der Waals surface area contributed by atoms with Crippen molar-refractivity contribution in [1.82, 2.24) is 15.6 Å². The molecule has 1 aromatic heterocycles. The second-order valence-corrected chi connectivity index (χ2v) is 11.5. The molecule has 45 heavy (non-hydrogen) atoms. The molecule has 0 saturated carbocycles. The first-order chi connectivity index (χ1) is 21.8. The Hall–Kier alpha value is -5.63. The van der Waals surface area contributed by atoms with E-state index >= 15 is 0 Å². The fourth-order valence-corrected chi connectivity index (χ4v) is 5.87. The van der Waals surface area contributed by atoms with Crippen molar-refractivity contribution in [3.8, 4) is 0 Å². The lowest BCUT2D eigenvalue weighted by molar-refractivity contribution is -0.132. The van der Waals surface area contributed by atoms with Gasteiger partial charge < -0.3 is 26.1 Å². The van der Waals surface area contributed by atoms with Gasteiger partial charge in [-0.25, -0.2) is 4.79 Å². The van der Waals surface area contributed by atoms with Gasteiger partial charge >= 0.3 is 6.09 Å². The zero-order chi connectivity index (χ0) is 31.4. The van der Waals surface area contributed by atoms with Crippen molar-refractivity contribution in [3.63, 3.8) is 0 Å². The zero-order valence-electron chi connectivity index (χ0n) is 24.9. The van der Waals surface area contributed by atoms with Gasteiger partial charge in [0.2, 0.25) is 11.8 Å². The number of alkyl carbamates (subject to hydrolysis) is 1. The maximum Gasteiger partial charge on any atom is 0.408 e. The van der Waals surface area contributed by atoms with E-state index < -0.39 is 29.5 Å². The van der Waals surface area contributed by atoms with Gasteiger partial charge in [-0.2, -0.15) is 0 Å². The van der Waals surface area contributed by atoms with Gasteiger partial charge in [-0.05, 0) is 51.7 Å². The number of aromatic nitrogens is 1. The molecule has 0 saturated heterocycles. The van der Waals surface area contributed by atoms with Gasteiger partial charge in [-0.15, -0.1) is 0 Å². The van der Waals surface area contributed by atoms with Crippen LogP contribution in [0.15, 0.2) is 115 Å². The molecule has 2 atom stereocenters. The lowest BCUT2D eigenvalue weighted by Crippen LogP contribution is -2.61. The molecule has 0 aliphatic rings. The second kappa shape index (κ2) is 12.5. The number of H-pyrrole nitrogens is 1.